The van der Waals surface area contributed by atoms with Crippen LogP contribution in [0.25, 0.3) is 0 Å². The Morgan fingerprint density at radius 1 is 1.18 bits per heavy atom. The van der Waals surface area contributed by atoms with Crippen molar-refractivity contribution in [3.05, 3.63) is 36.2 Å². The van der Waals surface area contributed by atoms with Crippen molar-refractivity contribution >= 4 is 21.4 Å². The molecular weight excluding hydrogens is 420 g/mol. The zero-order valence-electron chi connectivity index (χ0n) is 13.8. The number of carbonyl (C=O) groups is 1. The average molecular weight is 431 g/mol. The predicted octanol–water partition coefficient (Wildman–Crippen LogP) is 2.84. The maximum Gasteiger partial charge on any atom is 0.501 e. The molecule has 0 aliphatic carbocycles. The van der Waals surface area contributed by atoms with Gasteiger partial charge in [0.15, 0.2) is 5.69 Å². The number of benzene rings is 1. The van der Waals surface area contributed by atoms with Crippen LogP contribution in [0.15, 0.2) is 35.4 Å². The lowest BCUT2D eigenvalue weighted by Crippen LogP contribution is -2.24. The topological polar surface area (TPSA) is 90.3 Å². The van der Waals surface area contributed by atoms with Gasteiger partial charge in [0.1, 0.15) is 12.3 Å². The molecule has 2 rings (SSSR count). The molecule has 0 saturated carbocycles. The Bertz CT molecular complexity index is 982. The lowest BCUT2D eigenvalue weighted by Gasteiger charge is -2.13. The number of aromatic nitrogens is 2. The number of amides is 1. The lowest BCUT2D eigenvalue weighted by atomic mass is 10.3. The van der Waals surface area contributed by atoms with Gasteiger partial charge in [-0.25, -0.2) is 8.42 Å². The minimum absolute atomic E-state index is 0.161. The van der Waals surface area contributed by atoms with E-state index in [0.717, 1.165) is 19.4 Å². The normalized spacial score (nSPS) is 12.7. The van der Waals surface area contributed by atoms with E-state index in [4.69, 9.17) is 4.74 Å². The van der Waals surface area contributed by atoms with Crippen LogP contribution < -0.4 is 10.1 Å². The molecule has 1 N–H and O–H groups in total. The van der Waals surface area contributed by atoms with E-state index in [9.17, 15) is 39.6 Å². The molecule has 7 nitrogen and oxygen atoms in total. The number of carbonyl (C=O) groups excluding carboxylic acids is 1. The third-order valence-corrected chi connectivity index (χ3v) is 4.78. The van der Waals surface area contributed by atoms with Gasteiger partial charge in [-0.2, -0.15) is 31.4 Å². The first-order valence-electron chi connectivity index (χ1n) is 7.15. The van der Waals surface area contributed by atoms with Crippen molar-refractivity contribution in [1.82, 2.24) is 9.78 Å². The fourth-order valence-corrected chi connectivity index (χ4v) is 2.81. The summed E-state index contributed by atoms with van der Waals surface area (Å²) >= 11 is 0. The second kappa shape index (κ2) is 7.33. The third-order valence-electron chi connectivity index (χ3n) is 3.30. The number of nitrogens with one attached hydrogen (secondary N) is 1. The standard InChI is InChI=1S/C14H11F6N3O4S/c1-27-10-3-2-8(28(25,26)14(18,19)20)6-9(10)21-12(24)7-23-5-4-11(22-23)13(15,16)17/h2-6H,7H2,1H3,(H,21,24). The lowest BCUT2D eigenvalue weighted by molar-refractivity contribution is -0.141. The number of halogens is 6. The molecule has 1 amide bonds. The number of anilines is 1. The highest BCUT2D eigenvalue weighted by Gasteiger charge is 2.47. The van der Waals surface area contributed by atoms with Crippen molar-refractivity contribution in [2.45, 2.75) is 23.1 Å². The van der Waals surface area contributed by atoms with Gasteiger partial charge in [-0.3, -0.25) is 9.48 Å². The Kier molecular flexibility index (Phi) is 5.64. The van der Waals surface area contributed by atoms with Gasteiger partial charge in [-0.05, 0) is 24.3 Å². The van der Waals surface area contributed by atoms with E-state index in [1.54, 1.807) is 0 Å². The van der Waals surface area contributed by atoms with Crippen LogP contribution in [0.2, 0.25) is 0 Å². The van der Waals surface area contributed by atoms with Crippen molar-refractivity contribution in [3.63, 3.8) is 0 Å². The first-order valence-corrected chi connectivity index (χ1v) is 8.64. The van der Waals surface area contributed by atoms with E-state index in [-0.39, 0.29) is 5.75 Å². The number of methoxy groups -OCH3 is 1. The number of rotatable bonds is 5. The predicted molar refractivity (Wildman–Crippen MR) is 82.1 cm³/mol. The fraction of sp³-hybridized carbons (Fsp3) is 0.286. The second-order valence-corrected chi connectivity index (χ2v) is 7.20. The first kappa shape index (κ1) is 21.5. The minimum atomic E-state index is -5.68. The molecule has 0 unspecified atom stereocenters. The minimum Gasteiger partial charge on any atom is -0.495 e. The Morgan fingerprint density at radius 2 is 1.82 bits per heavy atom. The van der Waals surface area contributed by atoms with Gasteiger partial charge in [-0.1, -0.05) is 0 Å². The fourth-order valence-electron chi connectivity index (χ4n) is 2.02. The van der Waals surface area contributed by atoms with E-state index in [2.05, 4.69) is 10.4 Å². The maximum absolute atomic E-state index is 12.7. The molecule has 1 heterocycles. The molecule has 28 heavy (non-hydrogen) atoms. The molecule has 0 fully saturated rings. The van der Waals surface area contributed by atoms with Crippen LogP contribution in [0.3, 0.4) is 0 Å². The SMILES string of the molecule is COc1ccc(S(=O)(=O)C(F)(F)F)cc1NC(=O)Cn1ccc(C(F)(F)F)n1. The quantitative estimate of drug-likeness (QED) is 0.736. The van der Waals surface area contributed by atoms with Crippen molar-refractivity contribution in [1.29, 1.82) is 0 Å². The summed E-state index contributed by atoms with van der Waals surface area (Å²) in [4.78, 5) is 10.8. The number of hydrogen-bond acceptors (Lipinski definition) is 5. The summed E-state index contributed by atoms with van der Waals surface area (Å²) < 4.78 is 104. The van der Waals surface area contributed by atoms with Crippen molar-refractivity contribution in [3.8, 4) is 5.75 Å². The summed E-state index contributed by atoms with van der Waals surface area (Å²) in [5.41, 5.74) is -7.22. The van der Waals surface area contributed by atoms with Crippen LogP contribution in [0, 0.1) is 0 Å². The highest BCUT2D eigenvalue weighted by Crippen LogP contribution is 2.34. The number of sulfone groups is 1. The highest BCUT2D eigenvalue weighted by atomic mass is 32.2. The number of hydrogen-bond donors (Lipinski definition) is 1. The summed E-state index contributed by atoms with van der Waals surface area (Å²) in [5.74, 6) is -1.14. The number of ether oxygens (including phenoxy) is 1. The summed E-state index contributed by atoms with van der Waals surface area (Å²) in [7, 11) is -4.56. The Labute approximate surface area is 153 Å². The summed E-state index contributed by atoms with van der Waals surface area (Å²) in [6.45, 7) is -0.713. The van der Waals surface area contributed by atoms with Crippen LogP contribution in [-0.2, 0) is 27.4 Å². The molecule has 0 spiro atoms. The van der Waals surface area contributed by atoms with Crippen LogP contribution >= 0.6 is 0 Å². The smallest absolute Gasteiger partial charge is 0.495 e. The maximum atomic E-state index is 12.7. The second-order valence-electron chi connectivity index (χ2n) is 5.26. The van der Waals surface area contributed by atoms with Gasteiger partial charge in [0, 0.05) is 6.20 Å². The van der Waals surface area contributed by atoms with E-state index < -0.39 is 50.3 Å². The van der Waals surface area contributed by atoms with Crippen LogP contribution in [0.1, 0.15) is 5.69 Å². The molecule has 0 aliphatic rings. The van der Waals surface area contributed by atoms with Gasteiger partial charge in [0.05, 0.1) is 17.7 Å². The molecule has 0 atom stereocenters. The zero-order valence-corrected chi connectivity index (χ0v) is 14.6. The Morgan fingerprint density at radius 3 is 2.32 bits per heavy atom. The molecule has 0 radical (unpaired) electrons. The molecular formula is C14H11F6N3O4S. The van der Waals surface area contributed by atoms with Gasteiger partial charge in [0.25, 0.3) is 9.84 Å². The van der Waals surface area contributed by atoms with E-state index in [1.807, 2.05) is 0 Å². The van der Waals surface area contributed by atoms with Gasteiger partial charge < -0.3 is 10.1 Å². The molecule has 0 aliphatic heterocycles. The van der Waals surface area contributed by atoms with Crippen LogP contribution in [-0.4, -0.2) is 36.7 Å². The summed E-state index contributed by atoms with van der Waals surface area (Å²) in [5, 5.41) is 5.23. The van der Waals surface area contributed by atoms with Crippen LogP contribution in [0.5, 0.6) is 5.75 Å². The van der Waals surface area contributed by atoms with E-state index in [0.29, 0.717) is 22.9 Å². The van der Waals surface area contributed by atoms with Crippen molar-refractivity contribution in [2.24, 2.45) is 0 Å². The van der Waals surface area contributed by atoms with Gasteiger partial charge >= 0.3 is 11.7 Å². The van der Waals surface area contributed by atoms with E-state index >= 15 is 0 Å². The number of nitrogens with zero attached hydrogens (tertiary/aromatic N) is 2. The van der Waals surface area contributed by atoms with Crippen molar-refractivity contribution in [2.75, 3.05) is 12.4 Å². The monoisotopic (exact) mass is 431 g/mol. The average Bonchev–Trinajstić information content (AvgIpc) is 3.02. The molecule has 0 bridgehead atoms. The Balaban J connectivity index is 2.26. The van der Waals surface area contributed by atoms with Gasteiger partial charge in [-0.15, -0.1) is 0 Å². The first-order chi connectivity index (χ1) is 12.8. The van der Waals surface area contributed by atoms with Gasteiger partial charge in [0.2, 0.25) is 5.91 Å². The third kappa shape index (κ3) is 4.55. The molecule has 0 saturated heterocycles. The largest absolute Gasteiger partial charge is 0.501 e. The highest BCUT2D eigenvalue weighted by molar-refractivity contribution is 7.92. The molecule has 1 aromatic carbocycles. The number of alkyl halides is 6. The summed E-state index contributed by atoms with van der Waals surface area (Å²) in [6.07, 6.45) is -3.84. The van der Waals surface area contributed by atoms with Crippen molar-refractivity contribution < 1.29 is 44.3 Å². The summed E-state index contributed by atoms with van der Waals surface area (Å²) in [6, 6.07) is 2.69. The van der Waals surface area contributed by atoms with Crippen LogP contribution in [0.4, 0.5) is 32.0 Å². The zero-order chi connectivity index (χ0) is 21.3. The molecule has 2 aromatic rings. The Hall–Kier alpha value is -2.77. The molecule has 154 valence electrons. The molecule has 1 aromatic heterocycles. The van der Waals surface area contributed by atoms with E-state index in [1.165, 1.54) is 0 Å². The molecule has 14 heteroatoms.